The van der Waals surface area contributed by atoms with Crippen LogP contribution in [0.5, 0.6) is 0 Å². The Kier molecular flexibility index (Phi) is 5.78. The number of likely N-dealkylation sites (N-methyl/N-ethyl adjacent to an activating group) is 1. The van der Waals surface area contributed by atoms with E-state index in [0.29, 0.717) is 0 Å². The molecule has 2 amide bonds. The molecule has 0 radical (unpaired) electrons. The second-order valence-corrected chi connectivity index (χ2v) is 4.85. The number of amides is 2. The molecule has 0 saturated heterocycles. The summed E-state index contributed by atoms with van der Waals surface area (Å²) in [5.74, 6) is -2.80. The van der Waals surface area contributed by atoms with Crippen LogP contribution in [0, 0.1) is 11.6 Å². The van der Waals surface area contributed by atoms with E-state index in [0.717, 1.165) is 12.1 Å². The minimum atomic E-state index is -1.19. The van der Waals surface area contributed by atoms with Gasteiger partial charge in [0.1, 0.15) is 0 Å². The molecule has 0 aliphatic rings. The molecule has 5 nitrogen and oxygen atoms in total. The van der Waals surface area contributed by atoms with Gasteiger partial charge in [0.05, 0.1) is 18.7 Å². The van der Waals surface area contributed by atoms with Crippen molar-refractivity contribution in [3.8, 4) is 0 Å². The molecule has 116 valence electrons. The van der Waals surface area contributed by atoms with Crippen molar-refractivity contribution in [2.45, 2.75) is 26.0 Å². The molecule has 1 rings (SSSR count). The van der Waals surface area contributed by atoms with Crippen molar-refractivity contribution in [2.24, 2.45) is 0 Å². The van der Waals surface area contributed by atoms with E-state index in [1.165, 1.54) is 31.9 Å². The first-order chi connectivity index (χ1) is 9.72. The number of halogens is 2. The molecule has 1 aromatic carbocycles. The van der Waals surface area contributed by atoms with Gasteiger partial charge in [-0.2, -0.15) is 0 Å². The number of aliphatic hydroxyl groups is 1. The third-order valence-electron chi connectivity index (χ3n) is 3.07. The van der Waals surface area contributed by atoms with E-state index >= 15 is 0 Å². The van der Waals surface area contributed by atoms with E-state index in [1.54, 1.807) is 0 Å². The number of hydrogen-bond acceptors (Lipinski definition) is 3. The normalized spacial score (nSPS) is 13.4. The highest BCUT2D eigenvalue weighted by atomic mass is 19.2. The maximum absolute atomic E-state index is 13.1. The monoisotopic (exact) mass is 300 g/mol. The van der Waals surface area contributed by atoms with Gasteiger partial charge in [-0.05, 0) is 24.6 Å². The average molecular weight is 300 g/mol. The number of carbonyl (C=O) groups excluding carboxylic acids is 2. The summed E-state index contributed by atoms with van der Waals surface area (Å²) in [5.41, 5.74) is 0.154. The van der Waals surface area contributed by atoms with Crippen LogP contribution >= 0.6 is 0 Å². The maximum Gasteiger partial charge on any atom is 0.239 e. The Morgan fingerprint density at radius 2 is 1.95 bits per heavy atom. The Hall–Kier alpha value is -2.02. The van der Waals surface area contributed by atoms with E-state index < -0.39 is 29.7 Å². The number of aliphatic hydroxyl groups excluding tert-OH is 1. The first-order valence-corrected chi connectivity index (χ1v) is 6.36. The Labute approximate surface area is 121 Å². The zero-order valence-electron chi connectivity index (χ0n) is 12.1. The van der Waals surface area contributed by atoms with Crippen LogP contribution in [-0.4, -0.2) is 41.5 Å². The highest BCUT2D eigenvalue weighted by Crippen LogP contribution is 2.19. The Balaban J connectivity index is 2.65. The second kappa shape index (κ2) is 7.12. The van der Waals surface area contributed by atoms with Gasteiger partial charge in [0.25, 0.3) is 0 Å². The Morgan fingerprint density at radius 3 is 2.48 bits per heavy atom. The first-order valence-electron chi connectivity index (χ1n) is 6.36. The van der Waals surface area contributed by atoms with Crippen molar-refractivity contribution in [3.63, 3.8) is 0 Å². The fraction of sp³-hybridized carbons (Fsp3) is 0.429. The third kappa shape index (κ3) is 4.78. The summed E-state index contributed by atoms with van der Waals surface area (Å²) in [4.78, 5) is 23.9. The zero-order chi connectivity index (χ0) is 16.2. The lowest BCUT2D eigenvalue weighted by Gasteiger charge is -2.22. The molecule has 2 unspecified atom stereocenters. The number of nitrogens with zero attached hydrogens (tertiary/aromatic N) is 1. The lowest BCUT2D eigenvalue weighted by molar-refractivity contribution is -0.133. The molecule has 1 aromatic rings. The van der Waals surface area contributed by atoms with E-state index in [2.05, 4.69) is 5.32 Å². The highest BCUT2D eigenvalue weighted by Gasteiger charge is 2.20. The lowest BCUT2D eigenvalue weighted by Crippen LogP contribution is -2.43. The molecule has 0 aliphatic heterocycles. The van der Waals surface area contributed by atoms with E-state index in [9.17, 15) is 23.5 Å². The van der Waals surface area contributed by atoms with Gasteiger partial charge in [-0.15, -0.1) is 0 Å². The third-order valence-corrected chi connectivity index (χ3v) is 3.07. The highest BCUT2D eigenvalue weighted by molar-refractivity contribution is 5.83. The predicted molar refractivity (Wildman–Crippen MR) is 72.2 cm³/mol. The van der Waals surface area contributed by atoms with E-state index in [-0.39, 0.29) is 18.0 Å². The molecule has 0 aromatic heterocycles. The van der Waals surface area contributed by atoms with Gasteiger partial charge in [-0.3, -0.25) is 9.59 Å². The summed E-state index contributed by atoms with van der Waals surface area (Å²) in [6.07, 6.45) is -1.19. The maximum atomic E-state index is 13.1. The molecule has 0 saturated carbocycles. The molecule has 7 heteroatoms. The van der Waals surface area contributed by atoms with Gasteiger partial charge in [-0.25, -0.2) is 8.78 Å². The van der Waals surface area contributed by atoms with Crippen molar-refractivity contribution >= 4 is 11.8 Å². The summed E-state index contributed by atoms with van der Waals surface area (Å²) >= 11 is 0. The summed E-state index contributed by atoms with van der Waals surface area (Å²) in [7, 11) is 1.47. The van der Waals surface area contributed by atoms with Crippen LogP contribution < -0.4 is 5.32 Å². The fourth-order valence-electron chi connectivity index (χ4n) is 1.69. The van der Waals surface area contributed by atoms with Gasteiger partial charge >= 0.3 is 0 Å². The molecule has 0 spiro atoms. The molecular formula is C14H18F2N2O3. The number of benzene rings is 1. The largest absolute Gasteiger partial charge is 0.386 e. The van der Waals surface area contributed by atoms with Crippen molar-refractivity contribution in [1.29, 1.82) is 0 Å². The van der Waals surface area contributed by atoms with Crippen LogP contribution in [0.3, 0.4) is 0 Å². The minimum Gasteiger partial charge on any atom is -0.386 e. The van der Waals surface area contributed by atoms with E-state index in [4.69, 9.17) is 0 Å². The Bertz CT molecular complexity index is 537. The fourth-order valence-corrected chi connectivity index (χ4v) is 1.69. The van der Waals surface area contributed by atoms with Crippen LogP contribution in [0.1, 0.15) is 25.5 Å². The first kappa shape index (κ1) is 17.0. The predicted octanol–water partition coefficient (Wildman–Crippen LogP) is 0.981. The number of rotatable bonds is 5. The van der Waals surface area contributed by atoms with Crippen LogP contribution in [0.4, 0.5) is 8.78 Å². The van der Waals surface area contributed by atoms with Crippen LogP contribution in [-0.2, 0) is 9.59 Å². The lowest BCUT2D eigenvalue weighted by atomic mass is 10.0. The van der Waals surface area contributed by atoms with Gasteiger partial charge in [0.2, 0.25) is 11.8 Å². The second-order valence-electron chi connectivity index (χ2n) is 4.85. The SMILES string of the molecule is CC(=O)N(C)CC(=O)NC(C)C(O)c1ccc(F)c(F)c1. The molecule has 0 fully saturated rings. The number of hydrogen-bond donors (Lipinski definition) is 2. The van der Waals surface area contributed by atoms with Crippen molar-refractivity contribution in [2.75, 3.05) is 13.6 Å². The summed E-state index contributed by atoms with van der Waals surface area (Å²) < 4.78 is 25.9. The summed E-state index contributed by atoms with van der Waals surface area (Å²) in [6.45, 7) is 2.70. The number of carbonyl (C=O) groups is 2. The van der Waals surface area contributed by atoms with Gasteiger partial charge < -0.3 is 15.3 Å². The molecule has 0 aliphatic carbocycles. The van der Waals surface area contributed by atoms with Gasteiger partial charge in [0.15, 0.2) is 11.6 Å². The van der Waals surface area contributed by atoms with Crippen LogP contribution in [0.25, 0.3) is 0 Å². The summed E-state index contributed by atoms with van der Waals surface area (Å²) in [6, 6.07) is 2.31. The Morgan fingerprint density at radius 1 is 1.33 bits per heavy atom. The molecule has 2 N–H and O–H groups in total. The molecule has 0 heterocycles. The molecule has 21 heavy (non-hydrogen) atoms. The van der Waals surface area contributed by atoms with Gasteiger partial charge in [0, 0.05) is 14.0 Å². The molecular weight excluding hydrogens is 282 g/mol. The number of nitrogens with one attached hydrogen (secondary N) is 1. The summed E-state index contributed by atoms with van der Waals surface area (Å²) in [5, 5.41) is 12.5. The van der Waals surface area contributed by atoms with Crippen molar-refractivity contribution in [3.05, 3.63) is 35.4 Å². The average Bonchev–Trinajstić information content (AvgIpc) is 2.40. The minimum absolute atomic E-state index is 0.149. The van der Waals surface area contributed by atoms with Crippen molar-refractivity contribution < 1.29 is 23.5 Å². The topological polar surface area (TPSA) is 69.6 Å². The molecule has 0 bridgehead atoms. The smallest absolute Gasteiger partial charge is 0.239 e. The molecule has 2 atom stereocenters. The van der Waals surface area contributed by atoms with Gasteiger partial charge in [-0.1, -0.05) is 6.07 Å². The van der Waals surface area contributed by atoms with E-state index in [1.807, 2.05) is 0 Å². The zero-order valence-corrected chi connectivity index (χ0v) is 12.1. The standard InChI is InChI=1S/C14H18F2N2O3/c1-8(17-13(20)7-18(3)9(2)19)14(21)10-4-5-11(15)12(16)6-10/h4-6,8,14,21H,7H2,1-3H3,(H,17,20). The van der Waals surface area contributed by atoms with Crippen LogP contribution in [0.2, 0.25) is 0 Å². The quantitative estimate of drug-likeness (QED) is 0.851. The van der Waals surface area contributed by atoms with Crippen molar-refractivity contribution in [1.82, 2.24) is 10.2 Å². The van der Waals surface area contributed by atoms with Crippen LogP contribution in [0.15, 0.2) is 18.2 Å².